The van der Waals surface area contributed by atoms with Crippen molar-refractivity contribution in [1.29, 1.82) is 0 Å². The van der Waals surface area contributed by atoms with Gasteiger partial charge in [-0.3, -0.25) is 4.79 Å². The molecule has 1 aromatic carbocycles. The third-order valence-electron chi connectivity index (χ3n) is 4.11. The molecule has 23 heavy (non-hydrogen) atoms. The number of nitrogens with zero attached hydrogens (tertiary/aromatic N) is 2. The van der Waals surface area contributed by atoms with E-state index in [1.807, 2.05) is 30.3 Å². The number of sulfonamides is 1. The Morgan fingerprint density at radius 2 is 1.70 bits per heavy atom. The lowest BCUT2D eigenvalue weighted by atomic mass is 10.1. The largest absolute Gasteiger partial charge is 0.340 e. The van der Waals surface area contributed by atoms with E-state index in [1.54, 1.807) is 4.90 Å². The Balaban J connectivity index is 1.87. The van der Waals surface area contributed by atoms with Crippen LogP contribution in [0, 0.1) is 5.92 Å². The Kier molecular flexibility index (Phi) is 6.18. The predicted octanol–water partition coefficient (Wildman–Crippen LogP) is 2.10. The van der Waals surface area contributed by atoms with E-state index < -0.39 is 10.0 Å². The first-order valence-corrected chi connectivity index (χ1v) is 9.79. The maximum Gasteiger partial charge on any atom is 0.222 e. The van der Waals surface area contributed by atoms with E-state index in [9.17, 15) is 13.2 Å². The van der Waals surface area contributed by atoms with Gasteiger partial charge in [-0.25, -0.2) is 8.42 Å². The maximum absolute atomic E-state index is 12.5. The fourth-order valence-electron chi connectivity index (χ4n) is 2.66. The summed E-state index contributed by atoms with van der Waals surface area (Å²) < 4.78 is 26.4. The Morgan fingerprint density at radius 3 is 2.26 bits per heavy atom. The molecule has 0 N–H and O–H groups in total. The second-order valence-corrected chi connectivity index (χ2v) is 8.42. The summed E-state index contributed by atoms with van der Waals surface area (Å²) in [6, 6.07) is 9.20. The molecular weight excluding hydrogens is 312 g/mol. The third kappa shape index (κ3) is 5.32. The van der Waals surface area contributed by atoms with E-state index >= 15 is 0 Å². The lowest BCUT2D eigenvalue weighted by molar-refractivity contribution is -0.132. The number of benzene rings is 1. The van der Waals surface area contributed by atoms with Crippen molar-refractivity contribution in [3.05, 3.63) is 35.9 Å². The zero-order chi connectivity index (χ0) is 16.9. The number of hydrogen-bond acceptors (Lipinski definition) is 3. The number of hydrogen-bond donors (Lipinski definition) is 0. The van der Waals surface area contributed by atoms with Crippen LogP contribution in [0.25, 0.3) is 0 Å². The highest BCUT2D eigenvalue weighted by Crippen LogP contribution is 2.15. The molecule has 1 aromatic rings. The Hall–Kier alpha value is -1.40. The van der Waals surface area contributed by atoms with Gasteiger partial charge in [0.2, 0.25) is 15.9 Å². The smallest absolute Gasteiger partial charge is 0.222 e. The van der Waals surface area contributed by atoms with Gasteiger partial charge in [-0.1, -0.05) is 44.2 Å². The standard InChI is InChI=1S/C17H26N2O3S/c1-15(2)8-9-17(20)18-10-12-19(13-11-18)23(21,22)14-16-6-4-3-5-7-16/h3-7,15H,8-14H2,1-2H3. The van der Waals surface area contributed by atoms with Gasteiger partial charge in [0.25, 0.3) is 0 Å². The van der Waals surface area contributed by atoms with E-state index in [-0.39, 0.29) is 11.7 Å². The highest BCUT2D eigenvalue weighted by Gasteiger charge is 2.28. The Labute approximate surface area is 139 Å². The first-order chi connectivity index (χ1) is 10.9. The molecule has 0 spiro atoms. The zero-order valence-electron chi connectivity index (χ0n) is 13.9. The van der Waals surface area contributed by atoms with Crippen LogP contribution in [-0.2, 0) is 20.6 Å². The van der Waals surface area contributed by atoms with E-state index in [4.69, 9.17) is 0 Å². The molecule has 1 aliphatic rings. The fourth-order valence-corrected chi connectivity index (χ4v) is 4.18. The Bertz CT molecular complexity index is 606. The first-order valence-electron chi connectivity index (χ1n) is 8.18. The van der Waals surface area contributed by atoms with Crippen LogP contribution in [0.5, 0.6) is 0 Å². The molecule has 0 aliphatic carbocycles. The van der Waals surface area contributed by atoms with Crippen LogP contribution in [0.15, 0.2) is 30.3 Å². The second kappa shape index (κ2) is 7.93. The molecule has 0 aromatic heterocycles. The number of rotatable bonds is 6. The highest BCUT2D eigenvalue weighted by molar-refractivity contribution is 7.88. The van der Waals surface area contributed by atoms with E-state index in [0.29, 0.717) is 38.5 Å². The van der Waals surface area contributed by atoms with Gasteiger partial charge in [0.15, 0.2) is 0 Å². The van der Waals surface area contributed by atoms with E-state index in [0.717, 1.165) is 12.0 Å². The quantitative estimate of drug-likeness (QED) is 0.798. The molecule has 2 rings (SSSR count). The van der Waals surface area contributed by atoms with Crippen LogP contribution in [0.3, 0.4) is 0 Å². The van der Waals surface area contributed by atoms with Gasteiger partial charge in [0.1, 0.15) is 0 Å². The number of carbonyl (C=O) groups is 1. The number of amides is 1. The average Bonchev–Trinajstić information content (AvgIpc) is 2.53. The number of carbonyl (C=O) groups excluding carboxylic acids is 1. The monoisotopic (exact) mass is 338 g/mol. The van der Waals surface area contributed by atoms with Gasteiger partial charge in [-0.05, 0) is 17.9 Å². The molecule has 6 heteroatoms. The lowest BCUT2D eigenvalue weighted by Crippen LogP contribution is -2.50. The van der Waals surface area contributed by atoms with Crippen LogP contribution in [-0.4, -0.2) is 49.7 Å². The molecule has 0 atom stereocenters. The van der Waals surface area contributed by atoms with Gasteiger partial charge < -0.3 is 4.90 Å². The number of piperazine rings is 1. The normalized spacial score (nSPS) is 16.7. The molecule has 1 saturated heterocycles. The molecule has 0 saturated carbocycles. The minimum absolute atomic E-state index is 0.0230. The minimum Gasteiger partial charge on any atom is -0.340 e. The summed E-state index contributed by atoms with van der Waals surface area (Å²) in [5.74, 6) is 0.667. The van der Waals surface area contributed by atoms with Crippen molar-refractivity contribution in [3.63, 3.8) is 0 Å². The van der Waals surface area contributed by atoms with Gasteiger partial charge in [-0.15, -0.1) is 0 Å². The highest BCUT2D eigenvalue weighted by atomic mass is 32.2. The average molecular weight is 338 g/mol. The summed E-state index contributed by atoms with van der Waals surface area (Å²) in [6.07, 6.45) is 1.43. The Morgan fingerprint density at radius 1 is 1.09 bits per heavy atom. The van der Waals surface area contributed by atoms with Crippen LogP contribution in [0.1, 0.15) is 32.3 Å². The SMILES string of the molecule is CC(C)CCC(=O)N1CCN(S(=O)(=O)Cc2ccccc2)CC1. The molecule has 128 valence electrons. The van der Waals surface area contributed by atoms with Gasteiger partial charge >= 0.3 is 0 Å². The van der Waals surface area contributed by atoms with Crippen LogP contribution < -0.4 is 0 Å². The van der Waals surface area contributed by atoms with E-state index in [1.165, 1.54) is 4.31 Å². The van der Waals surface area contributed by atoms with Crippen molar-refractivity contribution < 1.29 is 13.2 Å². The summed E-state index contributed by atoms with van der Waals surface area (Å²) in [4.78, 5) is 13.9. The van der Waals surface area contributed by atoms with Crippen molar-refractivity contribution in [1.82, 2.24) is 9.21 Å². The summed E-state index contributed by atoms with van der Waals surface area (Å²) >= 11 is 0. The molecule has 1 aliphatic heterocycles. The second-order valence-electron chi connectivity index (χ2n) is 6.45. The molecule has 1 fully saturated rings. The van der Waals surface area contributed by atoms with Crippen molar-refractivity contribution in [2.45, 2.75) is 32.4 Å². The zero-order valence-corrected chi connectivity index (χ0v) is 14.8. The molecule has 1 heterocycles. The van der Waals surface area contributed by atoms with Crippen molar-refractivity contribution in [3.8, 4) is 0 Å². The predicted molar refractivity (Wildman–Crippen MR) is 91.3 cm³/mol. The van der Waals surface area contributed by atoms with Crippen LogP contribution >= 0.6 is 0 Å². The molecule has 1 amide bonds. The van der Waals surface area contributed by atoms with Crippen molar-refractivity contribution in [2.24, 2.45) is 5.92 Å². The summed E-state index contributed by atoms with van der Waals surface area (Å²) in [7, 11) is -3.32. The molecular formula is C17H26N2O3S. The molecule has 5 nitrogen and oxygen atoms in total. The fraction of sp³-hybridized carbons (Fsp3) is 0.588. The molecule has 0 radical (unpaired) electrons. The van der Waals surface area contributed by atoms with E-state index in [2.05, 4.69) is 13.8 Å². The first kappa shape index (κ1) is 17.9. The van der Waals surface area contributed by atoms with Crippen LogP contribution in [0.2, 0.25) is 0 Å². The van der Waals surface area contributed by atoms with Crippen molar-refractivity contribution >= 4 is 15.9 Å². The van der Waals surface area contributed by atoms with Gasteiger partial charge in [-0.2, -0.15) is 4.31 Å². The minimum atomic E-state index is -3.32. The summed E-state index contributed by atoms with van der Waals surface area (Å²) in [5.41, 5.74) is 0.794. The summed E-state index contributed by atoms with van der Waals surface area (Å²) in [5, 5.41) is 0. The van der Waals surface area contributed by atoms with Gasteiger partial charge in [0, 0.05) is 32.6 Å². The van der Waals surface area contributed by atoms with Crippen molar-refractivity contribution in [2.75, 3.05) is 26.2 Å². The van der Waals surface area contributed by atoms with Gasteiger partial charge in [0.05, 0.1) is 5.75 Å². The molecule has 0 unspecified atom stereocenters. The van der Waals surface area contributed by atoms with Crippen LogP contribution in [0.4, 0.5) is 0 Å². The topological polar surface area (TPSA) is 57.7 Å². The lowest BCUT2D eigenvalue weighted by Gasteiger charge is -2.34. The summed E-state index contributed by atoms with van der Waals surface area (Å²) in [6.45, 7) is 5.96. The maximum atomic E-state index is 12.5. The third-order valence-corrected chi connectivity index (χ3v) is 5.96. The molecule has 0 bridgehead atoms.